The second-order valence-corrected chi connectivity index (χ2v) is 5.73. The fourth-order valence-electron chi connectivity index (χ4n) is 2.51. The Labute approximate surface area is 152 Å². The zero-order valence-electron chi connectivity index (χ0n) is 14.2. The summed E-state index contributed by atoms with van der Waals surface area (Å²) in [4.78, 5) is 12.1. The normalized spacial score (nSPS) is 12.3. The maximum atomic E-state index is 12.1. The molecule has 0 spiro atoms. The van der Waals surface area contributed by atoms with E-state index in [0.717, 1.165) is 12.0 Å². The van der Waals surface area contributed by atoms with Gasteiger partial charge >= 0.3 is 0 Å². The molecule has 3 rings (SSSR count). The van der Waals surface area contributed by atoms with Gasteiger partial charge in [-0.15, -0.1) is 0 Å². The van der Waals surface area contributed by atoms with Gasteiger partial charge in [-0.3, -0.25) is 4.79 Å². The molecule has 0 aromatic heterocycles. The highest BCUT2D eigenvalue weighted by Gasteiger charge is 2.14. The Hall–Kier alpha value is -3.46. The molecule has 2 aromatic rings. The molecular weight excluding hydrogens is 330 g/mol. The van der Waals surface area contributed by atoms with E-state index in [1.807, 2.05) is 48.5 Å². The highest BCUT2D eigenvalue weighted by Crippen LogP contribution is 2.32. The number of hydrogen-bond acceptors (Lipinski definition) is 5. The molecule has 1 aliphatic heterocycles. The average molecular weight is 349 g/mol. The van der Waals surface area contributed by atoms with Crippen LogP contribution in [0, 0.1) is 11.3 Å². The summed E-state index contributed by atoms with van der Waals surface area (Å²) in [5.74, 6) is 0.938. The van der Waals surface area contributed by atoms with Crippen molar-refractivity contribution in [2.45, 2.75) is 13.0 Å². The molecule has 2 aromatic carbocycles. The third kappa shape index (κ3) is 4.54. The lowest BCUT2D eigenvalue weighted by molar-refractivity contribution is -0.117. The van der Waals surface area contributed by atoms with E-state index in [4.69, 9.17) is 9.47 Å². The van der Waals surface area contributed by atoms with Gasteiger partial charge in [-0.05, 0) is 29.7 Å². The smallest absolute Gasteiger partial charge is 0.263 e. The van der Waals surface area contributed by atoms with Crippen molar-refractivity contribution in [2.24, 2.45) is 0 Å². The fraction of sp³-hybridized carbons (Fsp3) is 0.200. The predicted molar refractivity (Wildman–Crippen MR) is 96.3 cm³/mol. The van der Waals surface area contributed by atoms with Crippen LogP contribution in [0.15, 0.2) is 60.3 Å². The number of hydrogen-bond donors (Lipinski definition) is 2. The van der Waals surface area contributed by atoms with Gasteiger partial charge in [-0.25, -0.2) is 0 Å². The Morgan fingerprint density at radius 1 is 1.12 bits per heavy atom. The van der Waals surface area contributed by atoms with E-state index < -0.39 is 5.91 Å². The molecule has 1 heterocycles. The molecule has 2 N–H and O–H groups in total. The molecular formula is C20H19N3O3. The molecule has 132 valence electrons. The van der Waals surface area contributed by atoms with Crippen LogP contribution >= 0.6 is 0 Å². The highest BCUT2D eigenvalue weighted by atomic mass is 16.7. The number of carbonyl (C=O) groups is 1. The molecule has 0 aliphatic carbocycles. The van der Waals surface area contributed by atoms with E-state index >= 15 is 0 Å². The zero-order valence-corrected chi connectivity index (χ0v) is 14.2. The molecule has 6 nitrogen and oxygen atoms in total. The number of carbonyl (C=O) groups excluding carboxylic acids is 1. The average Bonchev–Trinajstić information content (AvgIpc) is 3.15. The second kappa shape index (κ2) is 8.58. The van der Waals surface area contributed by atoms with E-state index in [1.165, 1.54) is 11.8 Å². The van der Waals surface area contributed by atoms with Gasteiger partial charge in [0.25, 0.3) is 5.91 Å². The SMILES string of the molecule is N#C/C(=C/NCCc1ccccc1)C(=O)NCc1ccc2c(c1)OCO2. The third-order valence-electron chi connectivity index (χ3n) is 3.90. The van der Waals surface area contributed by atoms with Gasteiger partial charge in [0.2, 0.25) is 6.79 Å². The first kappa shape index (κ1) is 17.4. The Balaban J connectivity index is 1.48. The maximum Gasteiger partial charge on any atom is 0.263 e. The first-order valence-corrected chi connectivity index (χ1v) is 8.30. The standard InChI is InChI=1S/C20H19N3O3/c21-11-17(13-22-9-8-15-4-2-1-3-5-15)20(24)23-12-16-6-7-18-19(10-16)26-14-25-18/h1-7,10,13,22H,8-9,12,14H2,(H,23,24)/b17-13-. The molecule has 0 saturated carbocycles. The van der Waals surface area contributed by atoms with Crippen LogP contribution in [0.25, 0.3) is 0 Å². The van der Waals surface area contributed by atoms with Crippen molar-refractivity contribution in [1.82, 2.24) is 10.6 Å². The number of rotatable bonds is 7. The summed E-state index contributed by atoms with van der Waals surface area (Å²) in [6.45, 7) is 1.16. The number of nitrogens with one attached hydrogen (secondary N) is 2. The van der Waals surface area contributed by atoms with E-state index in [-0.39, 0.29) is 12.4 Å². The maximum absolute atomic E-state index is 12.1. The van der Waals surface area contributed by atoms with Gasteiger partial charge in [-0.2, -0.15) is 5.26 Å². The van der Waals surface area contributed by atoms with Crippen LogP contribution in [-0.2, 0) is 17.8 Å². The van der Waals surface area contributed by atoms with Gasteiger partial charge in [0.1, 0.15) is 11.6 Å². The van der Waals surface area contributed by atoms with Crippen molar-refractivity contribution >= 4 is 5.91 Å². The minimum atomic E-state index is -0.419. The molecule has 0 bridgehead atoms. The molecule has 0 fully saturated rings. The van der Waals surface area contributed by atoms with Gasteiger partial charge < -0.3 is 20.1 Å². The van der Waals surface area contributed by atoms with Crippen molar-refractivity contribution < 1.29 is 14.3 Å². The number of ether oxygens (including phenoxy) is 2. The Morgan fingerprint density at radius 3 is 2.73 bits per heavy atom. The lowest BCUT2D eigenvalue weighted by Crippen LogP contribution is -2.25. The number of nitrogens with zero attached hydrogens (tertiary/aromatic N) is 1. The Morgan fingerprint density at radius 2 is 1.92 bits per heavy atom. The van der Waals surface area contributed by atoms with Crippen LogP contribution in [0.1, 0.15) is 11.1 Å². The molecule has 1 amide bonds. The quantitative estimate of drug-likeness (QED) is 0.455. The van der Waals surface area contributed by atoms with E-state index in [2.05, 4.69) is 10.6 Å². The van der Waals surface area contributed by atoms with Crippen LogP contribution in [-0.4, -0.2) is 19.2 Å². The van der Waals surface area contributed by atoms with Crippen LogP contribution < -0.4 is 20.1 Å². The summed E-state index contributed by atoms with van der Waals surface area (Å²) in [6, 6.07) is 17.4. The van der Waals surface area contributed by atoms with E-state index in [9.17, 15) is 10.1 Å². The van der Waals surface area contributed by atoms with Gasteiger partial charge in [0.15, 0.2) is 11.5 Å². The molecule has 1 aliphatic rings. The predicted octanol–water partition coefficient (Wildman–Crippen LogP) is 2.27. The zero-order chi connectivity index (χ0) is 18.2. The van der Waals surface area contributed by atoms with Crippen molar-refractivity contribution in [3.05, 3.63) is 71.4 Å². The minimum Gasteiger partial charge on any atom is -0.454 e. The summed E-state index contributed by atoms with van der Waals surface area (Å²) >= 11 is 0. The lowest BCUT2D eigenvalue weighted by atomic mass is 10.1. The number of fused-ring (bicyclic) bond motifs is 1. The van der Waals surface area contributed by atoms with Gasteiger partial charge in [-0.1, -0.05) is 36.4 Å². The molecule has 26 heavy (non-hydrogen) atoms. The van der Waals surface area contributed by atoms with Gasteiger partial charge in [0, 0.05) is 19.3 Å². The molecule has 0 saturated heterocycles. The fourth-order valence-corrected chi connectivity index (χ4v) is 2.51. The van der Waals surface area contributed by atoms with Crippen LogP contribution in [0.5, 0.6) is 11.5 Å². The lowest BCUT2D eigenvalue weighted by Gasteiger charge is -2.06. The summed E-state index contributed by atoms with van der Waals surface area (Å²) in [5, 5.41) is 14.9. The van der Waals surface area contributed by atoms with E-state index in [1.54, 1.807) is 6.07 Å². The Kier molecular flexibility index (Phi) is 5.73. The van der Waals surface area contributed by atoms with Crippen molar-refractivity contribution in [3.63, 3.8) is 0 Å². The van der Waals surface area contributed by atoms with E-state index in [0.29, 0.717) is 24.6 Å². The summed E-state index contributed by atoms with van der Waals surface area (Å²) in [7, 11) is 0. The number of amides is 1. The number of nitriles is 1. The Bertz CT molecular complexity index is 841. The molecule has 6 heteroatoms. The molecule has 0 unspecified atom stereocenters. The number of benzene rings is 2. The topological polar surface area (TPSA) is 83.4 Å². The molecule has 0 atom stereocenters. The highest BCUT2D eigenvalue weighted by molar-refractivity contribution is 5.97. The monoisotopic (exact) mass is 349 g/mol. The first-order chi connectivity index (χ1) is 12.8. The minimum absolute atomic E-state index is 0.0406. The summed E-state index contributed by atoms with van der Waals surface area (Å²) in [6.07, 6.45) is 2.27. The second-order valence-electron chi connectivity index (χ2n) is 5.73. The van der Waals surface area contributed by atoms with Crippen molar-refractivity contribution in [3.8, 4) is 17.6 Å². The molecule has 0 radical (unpaired) electrons. The first-order valence-electron chi connectivity index (χ1n) is 8.30. The third-order valence-corrected chi connectivity index (χ3v) is 3.90. The summed E-state index contributed by atoms with van der Waals surface area (Å²) in [5.41, 5.74) is 2.11. The van der Waals surface area contributed by atoms with Crippen LogP contribution in [0.4, 0.5) is 0 Å². The summed E-state index contributed by atoms with van der Waals surface area (Å²) < 4.78 is 10.6. The van der Waals surface area contributed by atoms with Gasteiger partial charge in [0.05, 0.1) is 0 Å². The van der Waals surface area contributed by atoms with Crippen molar-refractivity contribution in [2.75, 3.05) is 13.3 Å². The van der Waals surface area contributed by atoms with Crippen LogP contribution in [0.2, 0.25) is 0 Å². The largest absolute Gasteiger partial charge is 0.454 e. The van der Waals surface area contributed by atoms with Crippen LogP contribution in [0.3, 0.4) is 0 Å². The van der Waals surface area contributed by atoms with Crippen molar-refractivity contribution in [1.29, 1.82) is 5.26 Å².